The predicted molar refractivity (Wildman–Crippen MR) is 55.7 cm³/mol. The monoisotopic (exact) mass is 171 g/mol. The van der Waals surface area contributed by atoms with E-state index in [9.17, 15) is 0 Å². The van der Waals surface area contributed by atoms with E-state index < -0.39 is 0 Å². The van der Waals surface area contributed by atoms with Crippen molar-refractivity contribution in [3.63, 3.8) is 0 Å². The zero-order valence-electron chi connectivity index (χ0n) is 7.70. The Bertz CT molecular complexity index is 379. The molecular formula is C12H13N. The highest BCUT2D eigenvalue weighted by Crippen LogP contribution is 2.29. The molecule has 13 heavy (non-hydrogen) atoms. The Morgan fingerprint density at radius 3 is 2.54 bits per heavy atom. The number of fused-ring (bicyclic) bond motifs is 1. The van der Waals surface area contributed by atoms with Crippen LogP contribution < -0.4 is 5.73 Å². The Kier molecular flexibility index (Phi) is 2.03. The lowest BCUT2D eigenvalue weighted by molar-refractivity contribution is 0.824. The Hall–Kier alpha value is -1.34. The van der Waals surface area contributed by atoms with Gasteiger partial charge in [0, 0.05) is 6.04 Å². The van der Waals surface area contributed by atoms with Crippen LogP contribution in [0.2, 0.25) is 0 Å². The molecule has 2 rings (SSSR count). The van der Waals surface area contributed by atoms with Gasteiger partial charge >= 0.3 is 0 Å². The Labute approximate surface area is 78.5 Å². The smallest absolute Gasteiger partial charge is 0.0272 e. The van der Waals surface area contributed by atoms with Crippen LogP contribution in [0, 0.1) is 0 Å². The normalized spacial score (nSPS) is 13.1. The Morgan fingerprint density at radius 1 is 1.00 bits per heavy atom. The van der Waals surface area contributed by atoms with Crippen LogP contribution in [0.5, 0.6) is 0 Å². The van der Waals surface area contributed by atoms with Gasteiger partial charge in [-0.05, 0) is 23.6 Å². The van der Waals surface area contributed by atoms with E-state index in [0.29, 0.717) is 0 Å². The molecule has 0 aliphatic heterocycles. The highest BCUT2D eigenvalue weighted by Gasteiger charge is 2.09. The highest BCUT2D eigenvalue weighted by atomic mass is 14.6. The zero-order valence-corrected chi connectivity index (χ0v) is 7.70. The molecule has 0 heterocycles. The highest BCUT2D eigenvalue weighted by molar-refractivity contribution is 5.70. The molecule has 0 unspecified atom stereocenters. The molecule has 0 aromatic carbocycles. The standard InChI is InChI=1S/C12H13N/c1-9(13)11-8-7-10-5-3-2-4-6-12(10)11/h2-9H,13H2,1H3/t9-/m0/s1. The maximum atomic E-state index is 5.87. The van der Waals surface area contributed by atoms with Crippen molar-refractivity contribution < 1.29 is 0 Å². The third-order valence-corrected chi connectivity index (χ3v) is 2.32. The van der Waals surface area contributed by atoms with Crippen molar-refractivity contribution in [3.8, 4) is 11.1 Å². The second-order valence-electron chi connectivity index (χ2n) is 3.36. The molecule has 0 bridgehead atoms. The summed E-state index contributed by atoms with van der Waals surface area (Å²) in [7, 11) is 0. The first-order valence-electron chi connectivity index (χ1n) is 4.52. The molecule has 0 aromatic heterocycles. The van der Waals surface area contributed by atoms with Crippen LogP contribution in [-0.2, 0) is 0 Å². The molecule has 0 saturated carbocycles. The number of nitrogens with two attached hydrogens (primary N) is 1. The summed E-state index contributed by atoms with van der Waals surface area (Å²) in [5.41, 5.74) is 9.62. The maximum absolute atomic E-state index is 5.87. The summed E-state index contributed by atoms with van der Waals surface area (Å²) < 4.78 is 0. The fourth-order valence-electron chi connectivity index (χ4n) is 1.64. The molecule has 66 valence electrons. The van der Waals surface area contributed by atoms with E-state index in [1.165, 1.54) is 16.7 Å². The first-order valence-corrected chi connectivity index (χ1v) is 4.52. The molecule has 2 aliphatic carbocycles. The topological polar surface area (TPSA) is 26.0 Å². The van der Waals surface area contributed by atoms with Crippen molar-refractivity contribution in [2.75, 3.05) is 0 Å². The minimum absolute atomic E-state index is 0.111. The van der Waals surface area contributed by atoms with Gasteiger partial charge in [-0.2, -0.15) is 0 Å². The summed E-state index contributed by atoms with van der Waals surface area (Å²) in [6.07, 6.45) is 0. The van der Waals surface area contributed by atoms with Crippen LogP contribution in [0.25, 0.3) is 11.1 Å². The molecule has 0 fully saturated rings. The fraction of sp³-hybridized carbons (Fsp3) is 0.167. The lowest BCUT2D eigenvalue weighted by atomic mass is 10.1. The molecule has 2 aliphatic rings. The third-order valence-electron chi connectivity index (χ3n) is 2.32. The molecular weight excluding hydrogens is 158 g/mol. The quantitative estimate of drug-likeness (QED) is 0.701. The summed E-state index contributed by atoms with van der Waals surface area (Å²) in [5, 5.41) is 0. The van der Waals surface area contributed by atoms with Gasteiger partial charge in [0.1, 0.15) is 0 Å². The molecule has 0 radical (unpaired) electrons. The number of rotatable bonds is 1. The lowest BCUT2D eigenvalue weighted by Crippen LogP contribution is -2.03. The van der Waals surface area contributed by atoms with E-state index >= 15 is 0 Å². The second-order valence-corrected chi connectivity index (χ2v) is 3.36. The van der Waals surface area contributed by atoms with Crippen LogP contribution >= 0.6 is 0 Å². The van der Waals surface area contributed by atoms with Gasteiger partial charge in [-0.15, -0.1) is 0 Å². The van der Waals surface area contributed by atoms with Gasteiger partial charge in [-0.25, -0.2) is 0 Å². The van der Waals surface area contributed by atoms with Crippen molar-refractivity contribution in [1.82, 2.24) is 0 Å². The Morgan fingerprint density at radius 2 is 1.77 bits per heavy atom. The first-order chi connectivity index (χ1) is 6.29. The first kappa shape index (κ1) is 8.27. The van der Waals surface area contributed by atoms with Gasteiger partial charge in [0.2, 0.25) is 0 Å². The maximum Gasteiger partial charge on any atom is 0.0272 e. The fourth-order valence-corrected chi connectivity index (χ4v) is 1.64. The summed E-state index contributed by atoms with van der Waals surface area (Å²) in [4.78, 5) is 0. The molecule has 1 atom stereocenters. The van der Waals surface area contributed by atoms with Gasteiger partial charge in [-0.1, -0.05) is 42.5 Å². The van der Waals surface area contributed by atoms with Crippen LogP contribution in [0.1, 0.15) is 18.5 Å². The summed E-state index contributed by atoms with van der Waals surface area (Å²) >= 11 is 0. The molecule has 2 N–H and O–H groups in total. The zero-order chi connectivity index (χ0) is 9.26. The van der Waals surface area contributed by atoms with Crippen LogP contribution in [0.3, 0.4) is 0 Å². The minimum atomic E-state index is 0.111. The average molecular weight is 171 g/mol. The summed E-state index contributed by atoms with van der Waals surface area (Å²) in [6.45, 7) is 2.02. The van der Waals surface area contributed by atoms with E-state index in [1.807, 2.05) is 25.1 Å². The van der Waals surface area contributed by atoms with Crippen LogP contribution in [0.4, 0.5) is 0 Å². The van der Waals surface area contributed by atoms with Gasteiger partial charge in [-0.3, -0.25) is 0 Å². The van der Waals surface area contributed by atoms with E-state index in [0.717, 1.165) is 0 Å². The van der Waals surface area contributed by atoms with E-state index in [-0.39, 0.29) is 6.04 Å². The van der Waals surface area contributed by atoms with Gasteiger partial charge in [0.25, 0.3) is 0 Å². The van der Waals surface area contributed by atoms with E-state index in [4.69, 9.17) is 5.73 Å². The van der Waals surface area contributed by atoms with Gasteiger partial charge < -0.3 is 5.73 Å². The SMILES string of the molecule is C[C@H](N)c1ccc2cccccc1-2. The second kappa shape index (κ2) is 3.19. The third kappa shape index (κ3) is 1.43. The summed E-state index contributed by atoms with van der Waals surface area (Å²) in [6, 6.07) is 14.7. The largest absolute Gasteiger partial charge is 0.324 e. The molecule has 0 aromatic rings. The predicted octanol–water partition coefficient (Wildman–Crippen LogP) is 2.81. The number of hydrogen-bond donors (Lipinski definition) is 1. The summed E-state index contributed by atoms with van der Waals surface area (Å²) in [5.74, 6) is 0. The molecule has 1 nitrogen and oxygen atoms in total. The van der Waals surface area contributed by atoms with Crippen LogP contribution in [-0.4, -0.2) is 0 Å². The van der Waals surface area contributed by atoms with Crippen molar-refractivity contribution in [2.45, 2.75) is 13.0 Å². The van der Waals surface area contributed by atoms with Crippen molar-refractivity contribution >= 4 is 0 Å². The minimum Gasteiger partial charge on any atom is -0.324 e. The molecule has 1 heteroatoms. The van der Waals surface area contributed by atoms with E-state index in [2.05, 4.69) is 24.3 Å². The van der Waals surface area contributed by atoms with Crippen molar-refractivity contribution in [3.05, 3.63) is 48.0 Å². The lowest BCUT2D eigenvalue weighted by Gasteiger charge is -2.04. The van der Waals surface area contributed by atoms with E-state index in [1.54, 1.807) is 0 Å². The number of hydrogen-bond acceptors (Lipinski definition) is 1. The molecule has 0 saturated heterocycles. The van der Waals surface area contributed by atoms with Crippen molar-refractivity contribution in [1.29, 1.82) is 0 Å². The molecule has 0 spiro atoms. The average Bonchev–Trinajstić information content (AvgIpc) is 2.36. The van der Waals surface area contributed by atoms with Gasteiger partial charge in [0.15, 0.2) is 0 Å². The van der Waals surface area contributed by atoms with Crippen LogP contribution in [0.15, 0.2) is 42.5 Å². The van der Waals surface area contributed by atoms with Gasteiger partial charge in [0.05, 0.1) is 0 Å². The van der Waals surface area contributed by atoms with Crippen molar-refractivity contribution in [2.24, 2.45) is 5.73 Å². The molecule has 0 amide bonds. The Balaban J connectivity index is 2.62.